The average Bonchev–Trinajstić information content (AvgIpc) is 2.50. The predicted molar refractivity (Wildman–Crippen MR) is 69.4 cm³/mol. The summed E-state index contributed by atoms with van der Waals surface area (Å²) in [5.41, 5.74) is 0.214. The van der Waals surface area contributed by atoms with Crippen molar-refractivity contribution >= 4 is 38.9 Å². The summed E-state index contributed by atoms with van der Waals surface area (Å²) in [4.78, 5) is 1.41. The van der Waals surface area contributed by atoms with E-state index in [-0.39, 0.29) is 5.41 Å². The monoisotopic (exact) mass is 294 g/mol. The topological polar surface area (TPSA) is 0 Å². The fraction of sp³-hybridized carbons (Fsp3) is 0.636. The maximum atomic E-state index is 6.05. The fourth-order valence-corrected chi connectivity index (χ4v) is 3.30. The minimum atomic E-state index is 0.214. The number of halogens is 2. The van der Waals surface area contributed by atoms with Crippen LogP contribution >= 0.6 is 38.9 Å². The third-order valence-corrected chi connectivity index (χ3v) is 5.21. The molecule has 1 aromatic rings. The number of rotatable bonds is 4. The highest BCUT2D eigenvalue weighted by Crippen LogP contribution is 2.35. The van der Waals surface area contributed by atoms with E-state index in [1.807, 2.05) is 0 Å². The first-order valence-corrected chi connectivity index (χ1v) is 6.97. The lowest BCUT2D eigenvalue weighted by Crippen LogP contribution is -2.27. The van der Waals surface area contributed by atoms with Crippen LogP contribution in [0.1, 0.15) is 25.6 Å². The van der Waals surface area contributed by atoms with Gasteiger partial charge in [-0.1, -0.05) is 20.8 Å². The SMILES string of the molecule is CC(C)C(C)(CCl)Cc1cc(Br)cs1. The molecule has 0 fully saturated rings. The Kier molecular flexibility index (Phi) is 4.48. The van der Waals surface area contributed by atoms with E-state index >= 15 is 0 Å². The zero-order valence-electron chi connectivity index (χ0n) is 8.81. The van der Waals surface area contributed by atoms with Crippen molar-refractivity contribution in [1.82, 2.24) is 0 Å². The summed E-state index contributed by atoms with van der Waals surface area (Å²) in [5, 5.41) is 2.13. The Balaban J connectivity index is 2.75. The van der Waals surface area contributed by atoms with Gasteiger partial charge in [0.1, 0.15) is 0 Å². The Hall–Kier alpha value is 0.470. The van der Waals surface area contributed by atoms with Crippen molar-refractivity contribution in [2.45, 2.75) is 27.2 Å². The summed E-state index contributed by atoms with van der Waals surface area (Å²) in [6.07, 6.45) is 1.07. The highest BCUT2D eigenvalue weighted by Gasteiger charge is 2.28. The van der Waals surface area contributed by atoms with Crippen molar-refractivity contribution in [3.8, 4) is 0 Å². The van der Waals surface area contributed by atoms with Gasteiger partial charge in [-0.25, -0.2) is 0 Å². The molecule has 0 N–H and O–H groups in total. The third-order valence-electron chi connectivity index (χ3n) is 2.90. The van der Waals surface area contributed by atoms with Crippen LogP contribution in [0.4, 0.5) is 0 Å². The first-order valence-electron chi connectivity index (χ1n) is 4.77. The molecule has 1 atom stereocenters. The zero-order valence-corrected chi connectivity index (χ0v) is 12.0. The fourth-order valence-electron chi connectivity index (χ4n) is 1.25. The molecule has 3 heteroatoms. The van der Waals surface area contributed by atoms with Crippen LogP contribution in [-0.2, 0) is 6.42 Å². The van der Waals surface area contributed by atoms with Crippen molar-refractivity contribution in [3.63, 3.8) is 0 Å². The number of alkyl halides is 1. The van der Waals surface area contributed by atoms with E-state index in [1.54, 1.807) is 11.3 Å². The molecule has 14 heavy (non-hydrogen) atoms. The maximum Gasteiger partial charge on any atom is 0.0285 e. The zero-order chi connectivity index (χ0) is 10.8. The van der Waals surface area contributed by atoms with Crippen molar-refractivity contribution in [1.29, 1.82) is 0 Å². The molecule has 1 unspecified atom stereocenters. The van der Waals surface area contributed by atoms with Gasteiger partial charge in [0.05, 0.1) is 0 Å². The van der Waals surface area contributed by atoms with Crippen LogP contribution in [0.2, 0.25) is 0 Å². The largest absolute Gasteiger partial charge is 0.148 e. The van der Waals surface area contributed by atoms with E-state index in [2.05, 4.69) is 48.1 Å². The molecule has 0 aliphatic heterocycles. The van der Waals surface area contributed by atoms with Crippen LogP contribution in [-0.4, -0.2) is 5.88 Å². The number of hydrogen-bond donors (Lipinski definition) is 0. The number of thiophene rings is 1. The van der Waals surface area contributed by atoms with Crippen molar-refractivity contribution in [3.05, 3.63) is 20.8 Å². The van der Waals surface area contributed by atoms with Crippen molar-refractivity contribution in [2.24, 2.45) is 11.3 Å². The molecule has 1 rings (SSSR count). The van der Waals surface area contributed by atoms with Gasteiger partial charge in [-0.3, -0.25) is 0 Å². The van der Waals surface area contributed by atoms with Crippen LogP contribution in [0.25, 0.3) is 0 Å². The normalized spacial score (nSPS) is 15.9. The first-order chi connectivity index (χ1) is 6.48. The van der Waals surface area contributed by atoms with Gasteiger partial charge in [0.2, 0.25) is 0 Å². The van der Waals surface area contributed by atoms with E-state index in [0.29, 0.717) is 5.92 Å². The molecule has 0 saturated heterocycles. The molecule has 80 valence electrons. The molecule has 0 saturated carbocycles. The molecule has 0 radical (unpaired) electrons. The van der Waals surface area contributed by atoms with Gasteiger partial charge in [-0.2, -0.15) is 0 Å². The van der Waals surface area contributed by atoms with Gasteiger partial charge in [-0.05, 0) is 39.8 Å². The van der Waals surface area contributed by atoms with E-state index in [4.69, 9.17) is 11.6 Å². The molecule has 0 aliphatic carbocycles. The van der Waals surface area contributed by atoms with Crippen molar-refractivity contribution < 1.29 is 0 Å². The van der Waals surface area contributed by atoms with Crippen LogP contribution in [0.15, 0.2) is 15.9 Å². The molecule has 0 aliphatic rings. The maximum absolute atomic E-state index is 6.05. The molecule has 0 spiro atoms. The molecular weight excluding hydrogens is 280 g/mol. The Morgan fingerprint density at radius 3 is 2.57 bits per heavy atom. The minimum Gasteiger partial charge on any atom is -0.148 e. The van der Waals surface area contributed by atoms with Crippen LogP contribution < -0.4 is 0 Å². The molecule has 1 heterocycles. The lowest BCUT2D eigenvalue weighted by atomic mass is 9.78. The summed E-state index contributed by atoms with van der Waals surface area (Å²) in [7, 11) is 0. The van der Waals surface area contributed by atoms with Gasteiger partial charge < -0.3 is 0 Å². The highest BCUT2D eigenvalue weighted by molar-refractivity contribution is 9.10. The van der Waals surface area contributed by atoms with Crippen LogP contribution in [0.5, 0.6) is 0 Å². The molecule has 0 bridgehead atoms. The van der Waals surface area contributed by atoms with Gasteiger partial charge in [0, 0.05) is 20.6 Å². The lowest BCUT2D eigenvalue weighted by Gasteiger charge is -2.31. The molecular formula is C11H16BrClS. The second kappa shape index (κ2) is 5.00. The second-order valence-electron chi connectivity index (χ2n) is 4.35. The highest BCUT2D eigenvalue weighted by atomic mass is 79.9. The molecule has 0 aromatic carbocycles. The minimum absolute atomic E-state index is 0.214. The van der Waals surface area contributed by atoms with Crippen molar-refractivity contribution in [2.75, 3.05) is 5.88 Å². The summed E-state index contributed by atoms with van der Waals surface area (Å²) in [5.74, 6) is 1.33. The van der Waals surface area contributed by atoms with Gasteiger partial charge in [-0.15, -0.1) is 22.9 Å². The second-order valence-corrected chi connectivity index (χ2v) is 6.53. The summed E-state index contributed by atoms with van der Waals surface area (Å²) in [6.45, 7) is 6.74. The summed E-state index contributed by atoms with van der Waals surface area (Å²) in [6, 6.07) is 2.19. The third kappa shape index (κ3) is 2.98. The Morgan fingerprint density at radius 1 is 1.57 bits per heavy atom. The quantitative estimate of drug-likeness (QED) is 0.689. The van der Waals surface area contributed by atoms with Crippen LogP contribution in [0.3, 0.4) is 0 Å². The van der Waals surface area contributed by atoms with Gasteiger partial charge in [0.25, 0.3) is 0 Å². The number of hydrogen-bond acceptors (Lipinski definition) is 1. The molecule has 0 nitrogen and oxygen atoms in total. The van der Waals surface area contributed by atoms with E-state index in [0.717, 1.165) is 12.3 Å². The van der Waals surface area contributed by atoms with Crippen LogP contribution in [0, 0.1) is 11.3 Å². The Morgan fingerprint density at radius 2 is 2.21 bits per heavy atom. The molecule has 1 aromatic heterocycles. The Labute approximate surface area is 104 Å². The summed E-state index contributed by atoms with van der Waals surface area (Å²) >= 11 is 11.3. The summed E-state index contributed by atoms with van der Waals surface area (Å²) < 4.78 is 1.18. The smallest absolute Gasteiger partial charge is 0.0285 e. The average molecular weight is 296 g/mol. The van der Waals surface area contributed by atoms with E-state index < -0.39 is 0 Å². The van der Waals surface area contributed by atoms with Gasteiger partial charge in [0.15, 0.2) is 0 Å². The molecule has 0 amide bonds. The predicted octanol–water partition coefficient (Wildman–Crippen LogP) is 4.95. The standard InChI is InChI=1S/C11H16BrClS/c1-8(2)11(3,7-13)5-10-4-9(12)6-14-10/h4,6,8H,5,7H2,1-3H3. The van der Waals surface area contributed by atoms with E-state index in [9.17, 15) is 0 Å². The van der Waals surface area contributed by atoms with Gasteiger partial charge >= 0.3 is 0 Å². The van der Waals surface area contributed by atoms with E-state index in [1.165, 1.54) is 9.35 Å². The lowest BCUT2D eigenvalue weighted by molar-refractivity contribution is 0.255. The first kappa shape index (κ1) is 12.5. The Bertz CT molecular complexity index is 295.